The van der Waals surface area contributed by atoms with Crippen molar-refractivity contribution >= 4 is 23.5 Å². The van der Waals surface area contributed by atoms with E-state index >= 15 is 0 Å². The highest BCUT2D eigenvalue weighted by Crippen LogP contribution is 2.26. The van der Waals surface area contributed by atoms with E-state index in [0.717, 1.165) is 34.0 Å². The van der Waals surface area contributed by atoms with Crippen molar-refractivity contribution in [3.63, 3.8) is 0 Å². The van der Waals surface area contributed by atoms with Gasteiger partial charge in [0.15, 0.2) is 0 Å². The Morgan fingerprint density at radius 2 is 1.47 bits per heavy atom. The molecule has 2 fully saturated rings. The average molecular weight is 406 g/mol. The van der Waals surface area contributed by atoms with Gasteiger partial charge in [0, 0.05) is 25.3 Å². The molecule has 4 amide bonds. The third kappa shape index (κ3) is 4.07. The summed E-state index contributed by atoms with van der Waals surface area (Å²) in [4.78, 5) is 43.9. The van der Waals surface area contributed by atoms with Crippen LogP contribution in [0.2, 0.25) is 0 Å². The Hall–Kier alpha value is -3.19. The maximum atomic E-state index is 12.8. The maximum Gasteiger partial charge on any atom is 0.335 e. The molecule has 2 heterocycles. The number of hydrogen-bond acceptors (Lipinski definition) is 5. The van der Waals surface area contributed by atoms with Gasteiger partial charge in [0.05, 0.1) is 13.2 Å². The molecule has 0 saturated carbocycles. The second-order valence-corrected chi connectivity index (χ2v) is 7.87. The number of amides is 4. The number of anilines is 1. The molecule has 0 spiro atoms. The third-order valence-corrected chi connectivity index (χ3v) is 5.58. The minimum Gasteiger partial charge on any atom is -0.371 e. The third-order valence-electron chi connectivity index (χ3n) is 5.58. The lowest BCUT2D eigenvalue weighted by Crippen LogP contribution is -2.40. The SMILES string of the molecule is CN(Cc1ccccc1N1CCCC1)CN1C(=O)C(=O)N(Cc2ccccc2)C1=O. The Bertz CT molecular complexity index is 940. The van der Waals surface area contributed by atoms with Gasteiger partial charge in [-0.25, -0.2) is 9.69 Å². The van der Waals surface area contributed by atoms with Gasteiger partial charge in [-0.15, -0.1) is 0 Å². The molecule has 0 atom stereocenters. The van der Waals surface area contributed by atoms with Gasteiger partial charge >= 0.3 is 17.8 Å². The van der Waals surface area contributed by atoms with E-state index in [1.54, 1.807) is 0 Å². The van der Waals surface area contributed by atoms with Crippen LogP contribution in [0.3, 0.4) is 0 Å². The van der Waals surface area contributed by atoms with Crippen LogP contribution in [0.5, 0.6) is 0 Å². The van der Waals surface area contributed by atoms with E-state index in [1.807, 2.05) is 54.4 Å². The van der Waals surface area contributed by atoms with Gasteiger partial charge in [-0.05, 0) is 37.1 Å². The lowest BCUT2D eigenvalue weighted by molar-refractivity contribution is -0.144. The monoisotopic (exact) mass is 406 g/mol. The zero-order valence-electron chi connectivity index (χ0n) is 17.2. The van der Waals surface area contributed by atoms with Gasteiger partial charge in [-0.3, -0.25) is 19.4 Å². The number of imide groups is 2. The Balaban J connectivity index is 1.43. The molecule has 2 aliphatic rings. The van der Waals surface area contributed by atoms with Gasteiger partial charge in [0.25, 0.3) is 0 Å². The molecule has 0 radical (unpaired) electrons. The summed E-state index contributed by atoms with van der Waals surface area (Å²) >= 11 is 0. The largest absolute Gasteiger partial charge is 0.371 e. The van der Waals surface area contributed by atoms with Crippen molar-refractivity contribution in [1.29, 1.82) is 0 Å². The number of carbonyl (C=O) groups excluding carboxylic acids is 3. The van der Waals surface area contributed by atoms with Crippen LogP contribution >= 0.6 is 0 Å². The summed E-state index contributed by atoms with van der Waals surface area (Å²) < 4.78 is 0. The normalized spacial score (nSPS) is 17.0. The fourth-order valence-electron chi connectivity index (χ4n) is 4.07. The number of hydrogen-bond donors (Lipinski definition) is 0. The Morgan fingerprint density at radius 1 is 0.833 bits per heavy atom. The van der Waals surface area contributed by atoms with E-state index < -0.39 is 17.8 Å². The predicted molar refractivity (Wildman–Crippen MR) is 113 cm³/mol. The summed E-state index contributed by atoms with van der Waals surface area (Å²) in [5.41, 5.74) is 3.15. The number of rotatable bonds is 7. The van der Waals surface area contributed by atoms with Crippen molar-refractivity contribution in [3.05, 3.63) is 65.7 Å². The number of urea groups is 1. The topological polar surface area (TPSA) is 64.2 Å². The van der Waals surface area contributed by atoms with Crippen LogP contribution < -0.4 is 4.90 Å². The standard InChI is InChI=1S/C23H26N4O3/c1-24(16-19-11-5-6-12-20(19)25-13-7-8-14-25)17-27-22(29)21(28)26(23(27)30)15-18-9-3-2-4-10-18/h2-6,9-12H,7-8,13-17H2,1H3. The number of nitrogens with zero attached hydrogens (tertiary/aromatic N) is 4. The Kier molecular flexibility index (Phi) is 5.81. The van der Waals surface area contributed by atoms with Crippen molar-refractivity contribution in [3.8, 4) is 0 Å². The predicted octanol–water partition coefficient (Wildman–Crippen LogP) is 2.67. The quantitative estimate of drug-likeness (QED) is 0.523. The molecule has 0 unspecified atom stereocenters. The Labute approximate surface area is 176 Å². The van der Waals surface area contributed by atoms with Crippen LogP contribution in [-0.2, 0) is 22.7 Å². The fourth-order valence-corrected chi connectivity index (χ4v) is 4.07. The molecule has 30 heavy (non-hydrogen) atoms. The minimum absolute atomic E-state index is 0.0725. The van der Waals surface area contributed by atoms with Crippen molar-refractivity contribution < 1.29 is 14.4 Å². The van der Waals surface area contributed by atoms with Gasteiger partial charge in [-0.1, -0.05) is 48.5 Å². The van der Waals surface area contributed by atoms with Crippen LogP contribution in [0.4, 0.5) is 10.5 Å². The minimum atomic E-state index is -0.769. The van der Waals surface area contributed by atoms with Gasteiger partial charge in [0.2, 0.25) is 0 Å². The van der Waals surface area contributed by atoms with Crippen LogP contribution in [-0.4, -0.2) is 59.4 Å². The Morgan fingerprint density at radius 3 is 2.20 bits per heavy atom. The molecule has 2 saturated heterocycles. The summed E-state index contributed by atoms with van der Waals surface area (Å²) in [5.74, 6) is -1.54. The van der Waals surface area contributed by atoms with Gasteiger partial charge < -0.3 is 4.90 Å². The second-order valence-electron chi connectivity index (χ2n) is 7.87. The van der Waals surface area contributed by atoms with Gasteiger partial charge in [-0.2, -0.15) is 0 Å². The summed E-state index contributed by atoms with van der Waals surface area (Å²) in [7, 11) is 1.85. The molecule has 2 aromatic carbocycles. The molecule has 0 aromatic heterocycles. The van der Waals surface area contributed by atoms with E-state index in [9.17, 15) is 14.4 Å². The molecule has 156 valence electrons. The first kappa shape index (κ1) is 20.1. The van der Waals surface area contributed by atoms with Gasteiger partial charge in [0.1, 0.15) is 0 Å². The van der Waals surface area contributed by atoms with Crippen LogP contribution in [0.25, 0.3) is 0 Å². The number of para-hydroxylation sites is 1. The zero-order chi connectivity index (χ0) is 21.1. The summed E-state index contributed by atoms with van der Waals surface area (Å²) in [6, 6.07) is 16.9. The van der Waals surface area contributed by atoms with E-state index in [4.69, 9.17) is 0 Å². The zero-order valence-corrected chi connectivity index (χ0v) is 17.2. The molecule has 4 rings (SSSR count). The highest BCUT2D eigenvalue weighted by Gasteiger charge is 2.44. The lowest BCUT2D eigenvalue weighted by Gasteiger charge is -2.26. The van der Waals surface area contributed by atoms with Crippen LogP contribution in [0.15, 0.2) is 54.6 Å². The molecular weight excluding hydrogens is 380 g/mol. The molecular formula is C23H26N4O3. The molecule has 7 nitrogen and oxygen atoms in total. The highest BCUT2D eigenvalue weighted by molar-refractivity contribution is 6.44. The molecule has 7 heteroatoms. The summed E-state index contributed by atoms with van der Waals surface area (Å²) in [6.45, 7) is 2.85. The number of carbonyl (C=O) groups is 3. The first-order valence-corrected chi connectivity index (χ1v) is 10.3. The van der Waals surface area contributed by atoms with Crippen molar-refractivity contribution in [1.82, 2.24) is 14.7 Å². The summed E-state index contributed by atoms with van der Waals surface area (Å²) in [5, 5.41) is 0. The lowest BCUT2D eigenvalue weighted by atomic mass is 10.1. The smallest absolute Gasteiger partial charge is 0.335 e. The highest BCUT2D eigenvalue weighted by atomic mass is 16.2. The van der Waals surface area contributed by atoms with Crippen LogP contribution in [0.1, 0.15) is 24.0 Å². The summed E-state index contributed by atoms with van der Waals surface area (Å²) in [6.07, 6.45) is 2.39. The average Bonchev–Trinajstić information content (AvgIpc) is 3.35. The van der Waals surface area contributed by atoms with E-state index in [-0.39, 0.29) is 13.2 Å². The van der Waals surface area contributed by atoms with E-state index in [1.165, 1.54) is 18.5 Å². The first-order chi connectivity index (χ1) is 14.5. The van der Waals surface area contributed by atoms with E-state index in [2.05, 4.69) is 17.0 Å². The first-order valence-electron chi connectivity index (χ1n) is 10.3. The molecule has 0 N–H and O–H groups in total. The number of benzene rings is 2. The van der Waals surface area contributed by atoms with Crippen molar-refractivity contribution in [2.24, 2.45) is 0 Å². The van der Waals surface area contributed by atoms with Crippen LogP contribution in [0, 0.1) is 0 Å². The maximum absolute atomic E-state index is 12.8. The fraction of sp³-hybridized carbons (Fsp3) is 0.348. The van der Waals surface area contributed by atoms with E-state index in [0.29, 0.717) is 6.54 Å². The molecule has 0 bridgehead atoms. The molecule has 2 aliphatic heterocycles. The van der Waals surface area contributed by atoms with Crippen molar-refractivity contribution in [2.45, 2.75) is 25.9 Å². The second kappa shape index (κ2) is 8.67. The molecule has 0 aliphatic carbocycles. The molecule has 2 aromatic rings. The van der Waals surface area contributed by atoms with Crippen molar-refractivity contribution in [2.75, 3.05) is 31.7 Å².